The number of hydrogen-bond donors (Lipinski definition) is 1. The summed E-state index contributed by atoms with van der Waals surface area (Å²) in [6.07, 6.45) is 2.84. The van der Waals surface area contributed by atoms with Crippen molar-refractivity contribution in [2.24, 2.45) is 5.41 Å². The van der Waals surface area contributed by atoms with Crippen molar-refractivity contribution in [1.29, 1.82) is 0 Å². The van der Waals surface area contributed by atoms with Crippen LogP contribution in [0.2, 0.25) is 0 Å². The van der Waals surface area contributed by atoms with E-state index in [4.69, 9.17) is 11.6 Å². The first-order chi connectivity index (χ1) is 7.77. The van der Waals surface area contributed by atoms with Crippen LogP contribution in [-0.2, 0) is 10.0 Å². The van der Waals surface area contributed by atoms with E-state index in [1.54, 1.807) is 0 Å². The van der Waals surface area contributed by atoms with E-state index < -0.39 is 10.0 Å². The Morgan fingerprint density at radius 3 is 2.65 bits per heavy atom. The van der Waals surface area contributed by atoms with Crippen LogP contribution >= 0.6 is 27.5 Å². The number of alkyl halides is 1. The fourth-order valence-corrected chi connectivity index (χ4v) is 2.80. The monoisotopic (exact) mass is 340 g/mol. The average molecular weight is 342 g/mol. The van der Waals surface area contributed by atoms with Crippen molar-refractivity contribution in [2.75, 3.05) is 12.4 Å². The number of sulfonamides is 1. The van der Waals surface area contributed by atoms with Crippen molar-refractivity contribution in [3.8, 4) is 0 Å². The van der Waals surface area contributed by atoms with Gasteiger partial charge in [0.1, 0.15) is 4.90 Å². The SMILES string of the molecule is CC(C)(CCl)CNS(=O)(=O)c1cncc(Br)c1. The fraction of sp³-hybridized carbons (Fsp3) is 0.500. The Morgan fingerprint density at radius 1 is 1.47 bits per heavy atom. The minimum absolute atomic E-state index is 0.136. The zero-order valence-electron chi connectivity index (χ0n) is 9.57. The minimum atomic E-state index is -3.53. The maximum Gasteiger partial charge on any atom is 0.242 e. The van der Waals surface area contributed by atoms with Gasteiger partial charge in [-0.3, -0.25) is 4.98 Å². The molecule has 0 fully saturated rings. The van der Waals surface area contributed by atoms with E-state index in [2.05, 4.69) is 25.6 Å². The van der Waals surface area contributed by atoms with Gasteiger partial charge in [-0.1, -0.05) is 13.8 Å². The molecule has 17 heavy (non-hydrogen) atoms. The van der Waals surface area contributed by atoms with Gasteiger partial charge in [-0.05, 0) is 27.4 Å². The lowest BCUT2D eigenvalue weighted by atomic mass is 9.97. The van der Waals surface area contributed by atoms with Crippen LogP contribution in [0, 0.1) is 5.41 Å². The normalized spacial score (nSPS) is 12.7. The lowest BCUT2D eigenvalue weighted by Crippen LogP contribution is -2.35. The van der Waals surface area contributed by atoms with Gasteiger partial charge in [-0.25, -0.2) is 13.1 Å². The van der Waals surface area contributed by atoms with Crippen molar-refractivity contribution in [3.63, 3.8) is 0 Å². The van der Waals surface area contributed by atoms with Gasteiger partial charge in [0.25, 0.3) is 0 Å². The van der Waals surface area contributed by atoms with Gasteiger partial charge in [0.05, 0.1) is 0 Å². The van der Waals surface area contributed by atoms with Crippen molar-refractivity contribution in [1.82, 2.24) is 9.71 Å². The number of nitrogens with one attached hydrogen (secondary N) is 1. The van der Waals surface area contributed by atoms with Gasteiger partial charge in [0.2, 0.25) is 10.0 Å². The van der Waals surface area contributed by atoms with Crippen LogP contribution in [0.5, 0.6) is 0 Å². The molecule has 0 radical (unpaired) electrons. The molecule has 0 aliphatic heterocycles. The third-order valence-corrected chi connectivity index (χ3v) is 4.62. The van der Waals surface area contributed by atoms with E-state index in [0.29, 0.717) is 10.4 Å². The number of halogens is 2. The highest BCUT2D eigenvalue weighted by Crippen LogP contribution is 2.18. The smallest absolute Gasteiger partial charge is 0.242 e. The highest BCUT2D eigenvalue weighted by molar-refractivity contribution is 9.10. The summed E-state index contributed by atoms with van der Waals surface area (Å²) in [6, 6.07) is 1.50. The highest BCUT2D eigenvalue weighted by atomic mass is 79.9. The van der Waals surface area contributed by atoms with Crippen LogP contribution in [0.3, 0.4) is 0 Å². The Balaban J connectivity index is 2.83. The molecular weight excluding hydrogens is 328 g/mol. The number of rotatable bonds is 5. The van der Waals surface area contributed by atoms with Crippen molar-refractivity contribution in [2.45, 2.75) is 18.7 Å². The summed E-state index contributed by atoms with van der Waals surface area (Å²) < 4.78 is 27.0. The van der Waals surface area contributed by atoms with Gasteiger partial charge in [0, 0.05) is 29.3 Å². The Hall–Kier alpha value is -0.170. The van der Waals surface area contributed by atoms with E-state index in [-0.39, 0.29) is 16.9 Å². The van der Waals surface area contributed by atoms with Gasteiger partial charge in [-0.15, -0.1) is 11.6 Å². The second-order valence-corrected chi connectivity index (χ2v) is 7.41. The molecule has 1 rings (SSSR count). The summed E-state index contributed by atoms with van der Waals surface area (Å²) in [6.45, 7) is 4.06. The predicted molar refractivity (Wildman–Crippen MR) is 71.6 cm³/mol. The molecule has 0 spiro atoms. The number of hydrogen-bond acceptors (Lipinski definition) is 3. The lowest BCUT2D eigenvalue weighted by Gasteiger charge is -2.21. The van der Waals surface area contributed by atoms with E-state index in [0.717, 1.165) is 0 Å². The predicted octanol–water partition coefficient (Wildman–Crippen LogP) is 2.39. The van der Waals surface area contributed by atoms with E-state index in [1.807, 2.05) is 13.8 Å². The molecule has 1 aromatic heterocycles. The zero-order chi connectivity index (χ0) is 13.1. The molecule has 0 atom stereocenters. The van der Waals surface area contributed by atoms with Crippen LogP contribution in [-0.4, -0.2) is 25.8 Å². The average Bonchev–Trinajstić information content (AvgIpc) is 2.27. The first-order valence-electron chi connectivity index (χ1n) is 4.93. The second kappa shape index (κ2) is 5.65. The van der Waals surface area contributed by atoms with Crippen molar-refractivity contribution < 1.29 is 8.42 Å². The van der Waals surface area contributed by atoms with E-state index >= 15 is 0 Å². The molecule has 0 amide bonds. The molecule has 1 N–H and O–H groups in total. The molecule has 0 bridgehead atoms. The molecular formula is C10H14BrClN2O2S. The Bertz CT molecular complexity index is 491. The van der Waals surface area contributed by atoms with Gasteiger partial charge < -0.3 is 0 Å². The summed E-state index contributed by atoms with van der Waals surface area (Å²) in [7, 11) is -3.53. The quantitative estimate of drug-likeness (QED) is 0.837. The van der Waals surface area contributed by atoms with Crippen LogP contribution < -0.4 is 4.72 Å². The van der Waals surface area contributed by atoms with Crippen LogP contribution in [0.1, 0.15) is 13.8 Å². The molecule has 96 valence electrons. The zero-order valence-corrected chi connectivity index (χ0v) is 12.7. The molecule has 0 saturated carbocycles. The maximum absolute atomic E-state index is 11.9. The standard InChI is InChI=1S/C10H14BrClN2O2S/c1-10(2,6-12)7-14-17(15,16)9-3-8(11)4-13-5-9/h3-5,14H,6-7H2,1-2H3. The molecule has 7 heteroatoms. The largest absolute Gasteiger partial charge is 0.262 e. The molecule has 0 unspecified atom stereocenters. The Morgan fingerprint density at radius 2 is 2.12 bits per heavy atom. The molecule has 1 aromatic rings. The number of aromatic nitrogens is 1. The van der Waals surface area contributed by atoms with Crippen LogP contribution in [0.4, 0.5) is 0 Å². The summed E-state index contributed by atoms with van der Waals surface area (Å²) in [5, 5.41) is 0. The highest BCUT2D eigenvalue weighted by Gasteiger charge is 2.21. The van der Waals surface area contributed by atoms with Crippen LogP contribution in [0.15, 0.2) is 27.8 Å². The van der Waals surface area contributed by atoms with Gasteiger partial charge in [0.15, 0.2) is 0 Å². The lowest BCUT2D eigenvalue weighted by molar-refractivity contribution is 0.414. The molecule has 0 saturated heterocycles. The Labute approximate surface area is 115 Å². The van der Waals surface area contributed by atoms with Crippen molar-refractivity contribution in [3.05, 3.63) is 22.9 Å². The molecule has 4 nitrogen and oxygen atoms in total. The first-order valence-corrected chi connectivity index (χ1v) is 7.74. The number of pyridine rings is 1. The van der Waals surface area contributed by atoms with Crippen LogP contribution in [0.25, 0.3) is 0 Å². The van der Waals surface area contributed by atoms with E-state index in [1.165, 1.54) is 18.5 Å². The topological polar surface area (TPSA) is 59.1 Å². The summed E-state index contributed by atoms with van der Waals surface area (Å²) in [5.41, 5.74) is -0.284. The number of nitrogens with zero attached hydrogens (tertiary/aromatic N) is 1. The summed E-state index contributed by atoms with van der Waals surface area (Å²) in [5.74, 6) is 0.381. The van der Waals surface area contributed by atoms with Crippen molar-refractivity contribution >= 4 is 37.6 Å². The third kappa shape index (κ3) is 4.54. The van der Waals surface area contributed by atoms with Gasteiger partial charge >= 0.3 is 0 Å². The Kier molecular flexibility index (Phi) is 4.95. The first kappa shape index (κ1) is 14.9. The van der Waals surface area contributed by atoms with E-state index in [9.17, 15) is 8.42 Å². The minimum Gasteiger partial charge on any atom is -0.262 e. The third-order valence-electron chi connectivity index (χ3n) is 2.09. The summed E-state index contributed by atoms with van der Waals surface area (Å²) in [4.78, 5) is 3.96. The molecule has 0 aliphatic rings. The summed E-state index contributed by atoms with van der Waals surface area (Å²) >= 11 is 8.92. The maximum atomic E-state index is 11.9. The molecule has 0 aromatic carbocycles. The molecule has 1 heterocycles. The fourth-order valence-electron chi connectivity index (χ4n) is 0.960. The second-order valence-electron chi connectivity index (χ2n) is 4.46. The van der Waals surface area contributed by atoms with Gasteiger partial charge in [-0.2, -0.15) is 0 Å². The molecule has 0 aliphatic carbocycles.